The third kappa shape index (κ3) is 4.47. The minimum atomic E-state index is -4.56. The molecular formula is C14H23F3N4. The first kappa shape index (κ1) is 17.5. The standard InChI is InChI=1S/C14H23F3N4/c1-5-13(6-2,7-3)21-11-9-10(18-8-4)19-12(20-11)14(15,16)17/h9H,5-8H2,1-4H3,(H2,18,19,20,21). The van der Waals surface area contributed by atoms with Crippen molar-refractivity contribution in [3.05, 3.63) is 11.9 Å². The molecule has 0 aliphatic carbocycles. The van der Waals surface area contributed by atoms with Gasteiger partial charge in [-0.2, -0.15) is 13.2 Å². The number of alkyl halides is 3. The van der Waals surface area contributed by atoms with Crippen molar-refractivity contribution in [3.63, 3.8) is 0 Å². The SMILES string of the molecule is CCNc1cc(NC(CC)(CC)CC)nc(C(F)(F)F)n1. The van der Waals surface area contributed by atoms with Crippen LogP contribution in [0.2, 0.25) is 0 Å². The van der Waals surface area contributed by atoms with Gasteiger partial charge in [0.1, 0.15) is 11.6 Å². The molecule has 0 saturated carbocycles. The lowest BCUT2D eigenvalue weighted by atomic mass is 9.90. The second-order valence-electron chi connectivity index (χ2n) is 4.96. The molecule has 0 fully saturated rings. The van der Waals surface area contributed by atoms with Crippen LogP contribution in [0.25, 0.3) is 0 Å². The van der Waals surface area contributed by atoms with Crippen LogP contribution in [0.15, 0.2) is 6.07 Å². The summed E-state index contributed by atoms with van der Waals surface area (Å²) < 4.78 is 38.7. The van der Waals surface area contributed by atoms with E-state index in [1.54, 1.807) is 6.92 Å². The lowest BCUT2D eigenvalue weighted by Crippen LogP contribution is -2.36. The molecule has 0 aromatic carbocycles. The van der Waals surface area contributed by atoms with Crippen molar-refractivity contribution in [2.75, 3.05) is 17.2 Å². The van der Waals surface area contributed by atoms with Gasteiger partial charge in [-0.05, 0) is 26.2 Å². The topological polar surface area (TPSA) is 49.8 Å². The van der Waals surface area contributed by atoms with E-state index in [1.807, 2.05) is 20.8 Å². The zero-order chi connectivity index (χ0) is 16.1. The molecule has 120 valence electrons. The van der Waals surface area contributed by atoms with Crippen LogP contribution in [0.1, 0.15) is 52.8 Å². The Morgan fingerprint density at radius 1 is 0.952 bits per heavy atom. The van der Waals surface area contributed by atoms with Gasteiger partial charge in [0, 0.05) is 18.2 Å². The Bertz CT molecular complexity index is 448. The van der Waals surface area contributed by atoms with E-state index in [2.05, 4.69) is 20.6 Å². The van der Waals surface area contributed by atoms with Crippen LogP contribution in [0, 0.1) is 0 Å². The van der Waals surface area contributed by atoms with Gasteiger partial charge in [0.25, 0.3) is 0 Å². The van der Waals surface area contributed by atoms with Crippen LogP contribution < -0.4 is 10.6 Å². The van der Waals surface area contributed by atoms with Gasteiger partial charge >= 0.3 is 6.18 Å². The molecule has 2 N–H and O–H groups in total. The number of aromatic nitrogens is 2. The number of halogens is 3. The molecule has 0 atom stereocenters. The molecule has 1 aromatic rings. The number of rotatable bonds is 7. The number of anilines is 2. The van der Waals surface area contributed by atoms with E-state index in [9.17, 15) is 13.2 Å². The van der Waals surface area contributed by atoms with E-state index >= 15 is 0 Å². The van der Waals surface area contributed by atoms with E-state index in [1.165, 1.54) is 6.07 Å². The van der Waals surface area contributed by atoms with Crippen molar-refractivity contribution in [3.8, 4) is 0 Å². The second kappa shape index (κ2) is 6.95. The molecule has 1 rings (SSSR count). The number of nitrogens with one attached hydrogen (secondary N) is 2. The monoisotopic (exact) mass is 304 g/mol. The van der Waals surface area contributed by atoms with E-state index < -0.39 is 12.0 Å². The average molecular weight is 304 g/mol. The quantitative estimate of drug-likeness (QED) is 0.788. The molecule has 21 heavy (non-hydrogen) atoms. The fourth-order valence-electron chi connectivity index (χ4n) is 2.20. The molecule has 1 heterocycles. The zero-order valence-electron chi connectivity index (χ0n) is 12.9. The molecule has 1 aromatic heterocycles. The molecule has 4 nitrogen and oxygen atoms in total. The largest absolute Gasteiger partial charge is 0.451 e. The molecule has 7 heteroatoms. The minimum Gasteiger partial charge on any atom is -0.370 e. The van der Waals surface area contributed by atoms with Crippen molar-refractivity contribution in [2.24, 2.45) is 0 Å². The van der Waals surface area contributed by atoms with Crippen LogP contribution in [0.3, 0.4) is 0 Å². The van der Waals surface area contributed by atoms with Gasteiger partial charge < -0.3 is 10.6 Å². The van der Waals surface area contributed by atoms with Gasteiger partial charge in [0.15, 0.2) is 0 Å². The summed E-state index contributed by atoms with van der Waals surface area (Å²) in [7, 11) is 0. The van der Waals surface area contributed by atoms with Crippen molar-refractivity contribution in [1.82, 2.24) is 9.97 Å². The second-order valence-corrected chi connectivity index (χ2v) is 4.96. The van der Waals surface area contributed by atoms with Gasteiger partial charge in [-0.25, -0.2) is 9.97 Å². The Morgan fingerprint density at radius 2 is 1.48 bits per heavy atom. The normalized spacial score (nSPS) is 12.3. The Balaban J connectivity index is 3.19. The summed E-state index contributed by atoms with van der Waals surface area (Å²) in [6, 6.07) is 1.52. The molecule has 0 saturated heterocycles. The summed E-state index contributed by atoms with van der Waals surface area (Å²) in [5.41, 5.74) is -0.249. The van der Waals surface area contributed by atoms with Crippen LogP contribution in [0.5, 0.6) is 0 Å². The Morgan fingerprint density at radius 3 is 1.90 bits per heavy atom. The van der Waals surface area contributed by atoms with Gasteiger partial charge in [0.05, 0.1) is 0 Å². The number of nitrogens with zero attached hydrogens (tertiary/aromatic N) is 2. The highest BCUT2D eigenvalue weighted by Gasteiger charge is 2.36. The highest BCUT2D eigenvalue weighted by Crippen LogP contribution is 2.30. The fourth-order valence-corrected chi connectivity index (χ4v) is 2.20. The first-order valence-corrected chi connectivity index (χ1v) is 7.28. The molecule has 0 radical (unpaired) electrons. The maximum atomic E-state index is 12.9. The van der Waals surface area contributed by atoms with Gasteiger partial charge in [-0.3, -0.25) is 0 Å². The summed E-state index contributed by atoms with van der Waals surface area (Å²) in [5, 5.41) is 5.97. The minimum absolute atomic E-state index is 0.180. The van der Waals surface area contributed by atoms with Crippen LogP contribution >= 0.6 is 0 Å². The zero-order valence-corrected chi connectivity index (χ0v) is 12.9. The van der Waals surface area contributed by atoms with Crippen LogP contribution in [0.4, 0.5) is 24.8 Å². The smallest absolute Gasteiger partial charge is 0.370 e. The number of hydrogen-bond acceptors (Lipinski definition) is 4. The van der Waals surface area contributed by atoms with Crippen molar-refractivity contribution in [2.45, 2.75) is 58.7 Å². The van der Waals surface area contributed by atoms with Gasteiger partial charge in [-0.1, -0.05) is 20.8 Å². The average Bonchev–Trinajstić information content (AvgIpc) is 2.44. The van der Waals surface area contributed by atoms with E-state index in [0.717, 1.165) is 19.3 Å². The summed E-state index contributed by atoms with van der Waals surface area (Å²) in [6.07, 6.45) is -2.14. The molecule has 0 bridgehead atoms. The van der Waals surface area contributed by atoms with Gasteiger partial charge in [0.2, 0.25) is 5.82 Å². The Labute approximate surface area is 123 Å². The first-order valence-electron chi connectivity index (χ1n) is 7.28. The summed E-state index contributed by atoms with van der Waals surface area (Å²) in [5.74, 6) is -0.737. The Hall–Kier alpha value is -1.53. The highest BCUT2D eigenvalue weighted by molar-refractivity contribution is 5.49. The lowest BCUT2D eigenvalue weighted by molar-refractivity contribution is -0.144. The van der Waals surface area contributed by atoms with Crippen molar-refractivity contribution in [1.29, 1.82) is 0 Å². The fraction of sp³-hybridized carbons (Fsp3) is 0.714. The van der Waals surface area contributed by atoms with E-state index in [0.29, 0.717) is 6.54 Å². The van der Waals surface area contributed by atoms with E-state index in [-0.39, 0.29) is 17.2 Å². The summed E-state index contributed by atoms with van der Waals surface area (Å²) in [6.45, 7) is 8.33. The molecule has 0 spiro atoms. The summed E-state index contributed by atoms with van der Waals surface area (Å²) >= 11 is 0. The molecule has 0 aliphatic heterocycles. The molecular weight excluding hydrogens is 281 g/mol. The van der Waals surface area contributed by atoms with Crippen molar-refractivity contribution < 1.29 is 13.2 Å². The third-order valence-electron chi connectivity index (χ3n) is 3.76. The summed E-state index contributed by atoms with van der Waals surface area (Å²) in [4.78, 5) is 7.14. The third-order valence-corrected chi connectivity index (χ3v) is 3.76. The van der Waals surface area contributed by atoms with E-state index in [4.69, 9.17) is 0 Å². The first-order chi connectivity index (χ1) is 9.80. The molecule has 0 amide bonds. The predicted octanol–water partition coefficient (Wildman–Crippen LogP) is 4.31. The lowest BCUT2D eigenvalue weighted by Gasteiger charge is -2.32. The maximum absolute atomic E-state index is 12.9. The highest BCUT2D eigenvalue weighted by atomic mass is 19.4. The van der Waals surface area contributed by atoms with Gasteiger partial charge in [-0.15, -0.1) is 0 Å². The maximum Gasteiger partial charge on any atom is 0.451 e. The van der Waals surface area contributed by atoms with Crippen molar-refractivity contribution >= 4 is 11.6 Å². The van der Waals surface area contributed by atoms with Crippen LogP contribution in [-0.4, -0.2) is 22.1 Å². The predicted molar refractivity (Wildman–Crippen MR) is 78.4 cm³/mol. The van der Waals surface area contributed by atoms with Crippen LogP contribution in [-0.2, 0) is 6.18 Å². The molecule has 0 unspecified atom stereocenters. The Kier molecular flexibility index (Phi) is 5.80. The molecule has 0 aliphatic rings. The number of hydrogen-bond donors (Lipinski definition) is 2.